The lowest BCUT2D eigenvalue weighted by molar-refractivity contribution is 0.209. The van der Waals surface area contributed by atoms with Crippen molar-refractivity contribution in [3.63, 3.8) is 0 Å². The first-order valence-corrected chi connectivity index (χ1v) is 7.50. The summed E-state index contributed by atoms with van der Waals surface area (Å²) in [5.41, 5.74) is 3.28. The minimum atomic E-state index is 0.303. The molecule has 1 aliphatic rings. The van der Waals surface area contributed by atoms with Gasteiger partial charge >= 0.3 is 0 Å². The summed E-state index contributed by atoms with van der Waals surface area (Å²) in [6.45, 7) is 5.69. The fourth-order valence-corrected chi connectivity index (χ4v) is 3.25. The Morgan fingerprint density at radius 1 is 1.20 bits per heavy atom. The number of benzene rings is 1. The first-order valence-electron chi connectivity index (χ1n) is 7.50. The molecule has 1 N–H and O–H groups in total. The van der Waals surface area contributed by atoms with Crippen LogP contribution in [0.3, 0.4) is 0 Å². The smallest absolute Gasteiger partial charge is 0.105 e. The zero-order chi connectivity index (χ0) is 14.0. The monoisotopic (exact) mass is 269 g/mol. The zero-order valence-electron chi connectivity index (χ0n) is 12.4. The third-order valence-electron chi connectivity index (χ3n) is 4.49. The SMILES string of the molecule is CC1(C)CCc2ccccc2C1NCCc1ccco1. The van der Waals surface area contributed by atoms with Gasteiger partial charge in [-0.1, -0.05) is 38.1 Å². The van der Waals surface area contributed by atoms with Crippen LogP contribution in [-0.2, 0) is 12.8 Å². The molecule has 0 aliphatic heterocycles. The van der Waals surface area contributed by atoms with E-state index in [1.165, 1.54) is 24.0 Å². The molecule has 1 heterocycles. The van der Waals surface area contributed by atoms with E-state index in [1.807, 2.05) is 12.1 Å². The van der Waals surface area contributed by atoms with Gasteiger partial charge < -0.3 is 9.73 Å². The predicted molar refractivity (Wildman–Crippen MR) is 81.7 cm³/mol. The number of hydrogen-bond acceptors (Lipinski definition) is 2. The molecule has 0 fully saturated rings. The lowest BCUT2D eigenvalue weighted by Crippen LogP contribution is -2.39. The summed E-state index contributed by atoms with van der Waals surface area (Å²) in [7, 11) is 0. The van der Waals surface area contributed by atoms with E-state index in [1.54, 1.807) is 6.26 Å². The van der Waals surface area contributed by atoms with Crippen LogP contribution in [0.4, 0.5) is 0 Å². The van der Waals surface area contributed by atoms with Gasteiger partial charge in [-0.2, -0.15) is 0 Å². The lowest BCUT2D eigenvalue weighted by atomic mass is 9.70. The van der Waals surface area contributed by atoms with Crippen LogP contribution in [0.2, 0.25) is 0 Å². The van der Waals surface area contributed by atoms with E-state index in [9.17, 15) is 0 Å². The van der Waals surface area contributed by atoms with Gasteiger partial charge in [-0.3, -0.25) is 0 Å². The molecule has 3 rings (SSSR count). The van der Waals surface area contributed by atoms with Crippen LogP contribution in [0.25, 0.3) is 0 Å². The van der Waals surface area contributed by atoms with E-state index >= 15 is 0 Å². The fourth-order valence-electron chi connectivity index (χ4n) is 3.25. The third kappa shape index (κ3) is 2.66. The van der Waals surface area contributed by atoms with Gasteiger partial charge in [-0.25, -0.2) is 0 Å². The minimum Gasteiger partial charge on any atom is -0.469 e. The van der Waals surface area contributed by atoms with Gasteiger partial charge in [0, 0.05) is 19.0 Å². The first-order chi connectivity index (χ1) is 9.67. The van der Waals surface area contributed by atoms with Crippen molar-refractivity contribution in [1.82, 2.24) is 5.32 Å². The number of rotatable bonds is 4. The van der Waals surface area contributed by atoms with Gasteiger partial charge in [0.05, 0.1) is 6.26 Å². The number of fused-ring (bicyclic) bond motifs is 1. The second-order valence-electron chi connectivity index (χ2n) is 6.40. The van der Waals surface area contributed by atoms with E-state index in [0.717, 1.165) is 18.7 Å². The van der Waals surface area contributed by atoms with Gasteiger partial charge in [0.1, 0.15) is 5.76 Å². The van der Waals surface area contributed by atoms with Gasteiger partial charge in [0.15, 0.2) is 0 Å². The van der Waals surface area contributed by atoms with Crippen LogP contribution in [0, 0.1) is 5.41 Å². The summed E-state index contributed by atoms with van der Waals surface area (Å²) < 4.78 is 5.40. The molecule has 2 nitrogen and oxygen atoms in total. The maximum Gasteiger partial charge on any atom is 0.105 e. The molecule has 1 atom stereocenters. The van der Waals surface area contributed by atoms with E-state index in [-0.39, 0.29) is 0 Å². The average molecular weight is 269 g/mol. The highest BCUT2D eigenvalue weighted by Gasteiger charge is 2.35. The minimum absolute atomic E-state index is 0.303. The van der Waals surface area contributed by atoms with Crippen molar-refractivity contribution in [2.75, 3.05) is 6.54 Å². The topological polar surface area (TPSA) is 25.2 Å². The van der Waals surface area contributed by atoms with Crippen molar-refractivity contribution in [1.29, 1.82) is 0 Å². The maximum absolute atomic E-state index is 5.40. The highest BCUT2D eigenvalue weighted by atomic mass is 16.3. The van der Waals surface area contributed by atoms with Crippen LogP contribution in [0.1, 0.15) is 43.2 Å². The van der Waals surface area contributed by atoms with Crippen LogP contribution in [0.5, 0.6) is 0 Å². The molecule has 0 radical (unpaired) electrons. The van der Waals surface area contributed by atoms with Crippen molar-refractivity contribution in [2.24, 2.45) is 5.41 Å². The molecular formula is C18H23NO. The second-order valence-corrected chi connectivity index (χ2v) is 6.40. The molecule has 0 saturated carbocycles. The Kier molecular flexibility index (Phi) is 3.66. The predicted octanol–water partition coefficient (Wildman–Crippen LogP) is 4.13. The molecule has 0 saturated heterocycles. The van der Waals surface area contributed by atoms with Crippen molar-refractivity contribution < 1.29 is 4.42 Å². The Balaban J connectivity index is 1.72. The molecule has 20 heavy (non-hydrogen) atoms. The zero-order valence-corrected chi connectivity index (χ0v) is 12.4. The Morgan fingerprint density at radius 3 is 2.85 bits per heavy atom. The second kappa shape index (κ2) is 5.45. The van der Waals surface area contributed by atoms with Gasteiger partial charge in [0.25, 0.3) is 0 Å². The third-order valence-corrected chi connectivity index (χ3v) is 4.49. The summed E-state index contributed by atoms with van der Waals surface area (Å²) in [6, 6.07) is 13.3. The highest BCUT2D eigenvalue weighted by Crippen LogP contribution is 2.43. The molecule has 1 unspecified atom stereocenters. The molecule has 0 amide bonds. The Bertz CT molecular complexity index is 557. The maximum atomic E-state index is 5.40. The molecule has 2 heteroatoms. The summed E-state index contributed by atoms with van der Waals surface area (Å²) in [5, 5.41) is 3.75. The van der Waals surface area contributed by atoms with Crippen LogP contribution >= 0.6 is 0 Å². The summed E-state index contributed by atoms with van der Waals surface area (Å²) >= 11 is 0. The van der Waals surface area contributed by atoms with Crippen molar-refractivity contribution in [3.05, 3.63) is 59.5 Å². The van der Waals surface area contributed by atoms with E-state index in [0.29, 0.717) is 11.5 Å². The van der Waals surface area contributed by atoms with Crippen LogP contribution in [0.15, 0.2) is 47.1 Å². The molecule has 1 aromatic heterocycles. The number of aryl methyl sites for hydroxylation is 1. The summed E-state index contributed by atoms with van der Waals surface area (Å²) in [5.74, 6) is 1.06. The molecule has 2 aromatic rings. The van der Waals surface area contributed by atoms with Crippen LogP contribution < -0.4 is 5.32 Å². The van der Waals surface area contributed by atoms with E-state index < -0.39 is 0 Å². The quantitative estimate of drug-likeness (QED) is 0.903. The van der Waals surface area contributed by atoms with E-state index in [2.05, 4.69) is 43.4 Å². The Hall–Kier alpha value is -1.54. The van der Waals surface area contributed by atoms with Gasteiger partial charge in [0.2, 0.25) is 0 Å². The fraction of sp³-hybridized carbons (Fsp3) is 0.444. The molecule has 1 aliphatic carbocycles. The summed E-state index contributed by atoms with van der Waals surface area (Å²) in [6.07, 6.45) is 5.12. The van der Waals surface area contributed by atoms with Crippen molar-refractivity contribution >= 4 is 0 Å². The average Bonchev–Trinajstić information content (AvgIpc) is 2.94. The standard InChI is InChI=1S/C18H23NO/c1-18(2)11-9-14-6-3-4-8-16(14)17(18)19-12-10-15-7-5-13-20-15/h3-8,13,17,19H,9-12H2,1-2H3. The molecule has 1 aromatic carbocycles. The lowest BCUT2D eigenvalue weighted by Gasteiger charge is -2.40. The number of nitrogens with one attached hydrogen (secondary N) is 1. The molecule has 0 bridgehead atoms. The van der Waals surface area contributed by atoms with Gasteiger partial charge in [-0.15, -0.1) is 0 Å². The summed E-state index contributed by atoms with van der Waals surface area (Å²) in [4.78, 5) is 0. The molecule has 106 valence electrons. The largest absolute Gasteiger partial charge is 0.469 e. The number of hydrogen-bond donors (Lipinski definition) is 1. The van der Waals surface area contributed by atoms with Crippen LogP contribution in [-0.4, -0.2) is 6.54 Å². The molecule has 0 spiro atoms. The molecular weight excluding hydrogens is 246 g/mol. The number of furan rings is 1. The first kappa shape index (κ1) is 13.4. The van der Waals surface area contributed by atoms with Crippen molar-refractivity contribution in [3.8, 4) is 0 Å². The normalized spacial score (nSPS) is 20.6. The van der Waals surface area contributed by atoms with Crippen molar-refractivity contribution in [2.45, 2.75) is 39.2 Å². The van der Waals surface area contributed by atoms with E-state index in [4.69, 9.17) is 4.42 Å². The highest BCUT2D eigenvalue weighted by molar-refractivity contribution is 5.34. The van der Waals surface area contributed by atoms with Gasteiger partial charge in [-0.05, 0) is 41.5 Å². The Labute approximate surface area is 121 Å². The Morgan fingerprint density at radius 2 is 2.05 bits per heavy atom.